The van der Waals surface area contributed by atoms with Gasteiger partial charge in [-0.3, -0.25) is 4.79 Å². The molecule has 2 bridgehead atoms. The second kappa shape index (κ2) is 6.48. The Balaban J connectivity index is 1.22. The molecule has 0 saturated heterocycles. The van der Waals surface area contributed by atoms with E-state index in [2.05, 4.69) is 53.8 Å². The Morgan fingerprint density at radius 2 is 1.48 bits per heavy atom. The summed E-state index contributed by atoms with van der Waals surface area (Å²) in [6.45, 7) is 0.693. The van der Waals surface area contributed by atoms with Crippen LogP contribution in [0, 0.1) is 5.92 Å². The van der Waals surface area contributed by atoms with Crippen molar-refractivity contribution in [1.82, 2.24) is 5.32 Å². The van der Waals surface area contributed by atoms with Crippen molar-refractivity contribution in [3.8, 4) is 5.75 Å². The fourth-order valence-corrected chi connectivity index (χ4v) is 5.63. The van der Waals surface area contributed by atoms with Crippen molar-refractivity contribution < 1.29 is 9.53 Å². The van der Waals surface area contributed by atoms with E-state index in [0.29, 0.717) is 30.7 Å². The maximum absolute atomic E-state index is 12.8. The van der Waals surface area contributed by atoms with Crippen LogP contribution in [0.4, 0.5) is 0 Å². The summed E-state index contributed by atoms with van der Waals surface area (Å²) in [4.78, 5) is 12.8. The van der Waals surface area contributed by atoms with E-state index in [4.69, 9.17) is 4.74 Å². The van der Waals surface area contributed by atoms with Crippen molar-refractivity contribution >= 4 is 5.91 Å². The smallest absolute Gasteiger partial charge is 0.261 e. The first-order valence-corrected chi connectivity index (χ1v) is 10.5. The van der Waals surface area contributed by atoms with E-state index in [0.717, 1.165) is 17.7 Å². The lowest BCUT2D eigenvalue weighted by Crippen LogP contribution is -2.43. The minimum absolute atomic E-state index is 0.00390. The van der Waals surface area contributed by atoms with Crippen molar-refractivity contribution in [3.05, 3.63) is 101 Å². The van der Waals surface area contributed by atoms with Gasteiger partial charge < -0.3 is 10.1 Å². The zero-order valence-electron chi connectivity index (χ0n) is 16.2. The standard InChI is InChI=1S/C26H23NO2/c28-26(24-14-16-7-1-6-12-23(16)29-24)27-15-17-13-22-18-8-2-4-10-20(18)25(17)21-11-5-3-9-19(21)22/h1-12,17,22,24-25H,13-15H2,(H,27,28)/t17-,22?,24-,25?/m1/s1. The second-order valence-electron chi connectivity index (χ2n) is 8.45. The maximum atomic E-state index is 12.8. The number of benzene rings is 3. The van der Waals surface area contributed by atoms with Crippen LogP contribution in [-0.2, 0) is 11.2 Å². The molecule has 0 aromatic heterocycles. The molecule has 4 aliphatic rings. The fraction of sp³-hybridized carbons (Fsp3) is 0.269. The first-order chi connectivity index (χ1) is 14.3. The van der Waals surface area contributed by atoms with Gasteiger partial charge in [0.1, 0.15) is 5.75 Å². The molecule has 3 aromatic rings. The molecule has 0 saturated carbocycles. The number of hydrogen-bond acceptors (Lipinski definition) is 2. The SMILES string of the molecule is O=C(NC[C@H]1CC2c3ccccc3C1c1ccccc12)[C@H]1Cc2ccccc2O1. The molecule has 3 heteroatoms. The van der Waals surface area contributed by atoms with Crippen molar-refractivity contribution in [3.63, 3.8) is 0 Å². The lowest BCUT2D eigenvalue weighted by Gasteiger charge is -2.45. The van der Waals surface area contributed by atoms with Gasteiger partial charge in [-0.05, 0) is 46.2 Å². The van der Waals surface area contributed by atoms with Gasteiger partial charge in [-0.15, -0.1) is 0 Å². The number of hydrogen-bond donors (Lipinski definition) is 1. The molecule has 0 unspecified atom stereocenters. The Hall–Kier alpha value is -3.07. The van der Waals surface area contributed by atoms with E-state index in [1.165, 1.54) is 22.3 Å². The van der Waals surface area contributed by atoms with E-state index in [1.807, 2.05) is 24.3 Å². The highest BCUT2D eigenvalue weighted by molar-refractivity contribution is 5.82. The summed E-state index contributed by atoms with van der Waals surface area (Å²) in [7, 11) is 0. The summed E-state index contributed by atoms with van der Waals surface area (Å²) in [5.74, 6) is 2.05. The molecule has 144 valence electrons. The van der Waals surface area contributed by atoms with Crippen LogP contribution in [0.25, 0.3) is 0 Å². The number of amides is 1. The topological polar surface area (TPSA) is 38.3 Å². The van der Waals surface area contributed by atoms with Gasteiger partial charge in [-0.25, -0.2) is 0 Å². The Morgan fingerprint density at radius 1 is 0.862 bits per heavy atom. The summed E-state index contributed by atoms with van der Waals surface area (Å²) in [5.41, 5.74) is 6.92. The minimum atomic E-state index is -0.409. The maximum Gasteiger partial charge on any atom is 0.261 e. The Bertz CT molecular complexity index is 1030. The summed E-state index contributed by atoms with van der Waals surface area (Å²) in [6, 6.07) is 25.6. The Morgan fingerprint density at radius 3 is 2.17 bits per heavy atom. The molecular weight excluding hydrogens is 358 g/mol. The highest BCUT2D eigenvalue weighted by Gasteiger charge is 2.43. The minimum Gasteiger partial charge on any atom is -0.480 e. The summed E-state index contributed by atoms with van der Waals surface area (Å²) >= 11 is 0. The molecule has 1 aliphatic heterocycles. The van der Waals surface area contributed by atoms with Crippen molar-refractivity contribution in [2.24, 2.45) is 5.92 Å². The zero-order valence-corrected chi connectivity index (χ0v) is 16.2. The van der Waals surface area contributed by atoms with Crippen LogP contribution in [0.15, 0.2) is 72.8 Å². The largest absolute Gasteiger partial charge is 0.480 e. The van der Waals surface area contributed by atoms with Gasteiger partial charge in [0.25, 0.3) is 5.91 Å². The molecule has 29 heavy (non-hydrogen) atoms. The van der Waals surface area contributed by atoms with E-state index in [1.54, 1.807) is 0 Å². The van der Waals surface area contributed by atoms with Crippen LogP contribution in [-0.4, -0.2) is 18.6 Å². The Labute approximate surface area is 170 Å². The van der Waals surface area contributed by atoms with E-state index < -0.39 is 6.10 Å². The molecule has 1 heterocycles. The third-order valence-electron chi connectivity index (χ3n) is 6.90. The van der Waals surface area contributed by atoms with Crippen LogP contribution >= 0.6 is 0 Å². The van der Waals surface area contributed by atoms with Gasteiger partial charge in [-0.2, -0.15) is 0 Å². The van der Waals surface area contributed by atoms with Gasteiger partial charge in [-0.1, -0.05) is 66.7 Å². The van der Waals surface area contributed by atoms with E-state index in [-0.39, 0.29) is 5.91 Å². The highest BCUT2D eigenvalue weighted by atomic mass is 16.5. The molecule has 3 aliphatic carbocycles. The van der Waals surface area contributed by atoms with Gasteiger partial charge >= 0.3 is 0 Å². The molecule has 0 radical (unpaired) electrons. The first-order valence-electron chi connectivity index (χ1n) is 10.5. The lowest BCUT2D eigenvalue weighted by molar-refractivity contribution is -0.127. The predicted octanol–water partition coefficient (Wildman–Crippen LogP) is 4.40. The number of carbonyl (C=O) groups excluding carboxylic acids is 1. The molecule has 7 rings (SSSR count). The quantitative estimate of drug-likeness (QED) is 0.730. The summed E-state index contributed by atoms with van der Waals surface area (Å²) in [6.07, 6.45) is 1.34. The van der Waals surface area contributed by atoms with Gasteiger partial charge in [0.15, 0.2) is 6.10 Å². The molecule has 3 aromatic carbocycles. The number of fused-ring (bicyclic) bond motifs is 2. The highest BCUT2D eigenvalue weighted by Crippen LogP contribution is 2.55. The van der Waals surface area contributed by atoms with Gasteiger partial charge in [0.2, 0.25) is 0 Å². The van der Waals surface area contributed by atoms with Crippen LogP contribution in [0.5, 0.6) is 5.75 Å². The molecule has 0 fully saturated rings. The number of rotatable bonds is 3. The average Bonchev–Trinajstić information content (AvgIpc) is 3.22. The van der Waals surface area contributed by atoms with Crippen molar-refractivity contribution in [2.45, 2.75) is 30.8 Å². The summed E-state index contributed by atoms with van der Waals surface area (Å²) < 4.78 is 5.87. The van der Waals surface area contributed by atoms with Crippen molar-refractivity contribution in [2.75, 3.05) is 6.54 Å². The zero-order chi connectivity index (χ0) is 19.4. The Kier molecular flexibility index (Phi) is 3.77. The van der Waals surface area contributed by atoms with Gasteiger partial charge in [0, 0.05) is 24.8 Å². The number of ether oxygens (including phenoxy) is 1. The predicted molar refractivity (Wildman–Crippen MR) is 112 cm³/mol. The molecular formula is C26H23NO2. The molecule has 0 spiro atoms. The van der Waals surface area contributed by atoms with Crippen LogP contribution in [0.1, 0.15) is 46.1 Å². The van der Waals surface area contributed by atoms with Crippen LogP contribution < -0.4 is 10.1 Å². The second-order valence-corrected chi connectivity index (χ2v) is 8.45. The first kappa shape index (κ1) is 16.8. The van der Waals surface area contributed by atoms with E-state index >= 15 is 0 Å². The third kappa shape index (κ3) is 2.61. The van der Waals surface area contributed by atoms with Crippen LogP contribution in [0.3, 0.4) is 0 Å². The fourth-order valence-electron chi connectivity index (χ4n) is 5.63. The van der Waals surface area contributed by atoms with E-state index in [9.17, 15) is 4.79 Å². The molecule has 1 N–H and O–H groups in total. The van der Waals surface area contributed by atoms with Crippen molar-refractivity contribution in [1.29, 1.82) is 0 Å². The third-order valence-corrected chi connectivity index (χ3v) is 6.90. The lowest BCUT2D eigenvalue weighted by atomic mass is 9.59. The number of para-hydroxylation sites is 1. The number of carbonyl (C=O) groups is 1. The molecule has 2 atom stereocenters. The van der Waals surface area contributed by atoms with Crippen LogP contribution in [0.2, 0.25) is 0 Å². The molecule has 3 nitrogen and oxygen atoms in total. The molecule has 1 amide bonds. The number of nitrogens with one attached hydrogen (secondary N) is 1. The normalized spacial score (nSPS) is 25.5. The monoisotopic (exact) mass is 381 g/mol. The van der Waals surface area contributed by atoms with Gasteiger partial charge in [0.05, 0.1) is 0 Å². The summed E-state index contributed by atoms with van der Waals surface area (Å²) in [5, 5.41) is 3.21. The average molecular weight is 381 g/mol.